The Morgan fingerprint density at radius 1 is 1.42 bits per heavy atom. The number of nitrogens with one attached hydrogen (secondary N) is 1. The Balaban J connectivity index is 2.06. The van der Waals surface area contributed by atoms with Gasteiger partial charge in [0.15, 0.2) is 5.82 Å². The summed E-state index contributed by atoms with van der Waals surface area (Å²) in [7, 11) is 0. The van der Waals surface area contributed by atoms with Gasteiger partial charge in [-0.2, -0.15) is 5.10 Å². The maximum Gasteiger partial charge on any atom is 0.397 e. The summed E-state index contributed by atoms with van der Waals surface area (Å²) in [5, 5.41) is 6.42. The minimum atomic E-state index is -0.923. The molecule has 98 valence electrons. The van der Waals surface area contributed by atoms with Crippen LogP contribution in [0.25, 0.3) is 5.82 Å². The first-order valence-electron chi connectivity index (χ1n) is 5.65. The third kappa shape index (κ3) is 3.15. The summed E-state index contributed by atoms with van der Waals surface area (Å²) in [5.74, 6) is -1.14. The third-order valence-corrected chi connectivity index (χ3v) is 2.19. The van der Waals surface area contributed by atoms with Crippen LogP contribution < -0.4 is 5.32 Å². The van der Waals surface area contributed by atoms with Crippen molar-refractivity contribution in [3.05, 3.63) is 36.8 Å². The Labute approximate surface area is 109 Å². The van der Waals surface area contributed by atoms with Crippen LogP contribution >= 0.6 is 0 Å². The summed E-state index contributed by atoms with van der Waals surface area (Å²) >= 11 is 0. The molecule has 0 saturated heterocycles. The molecule has 0 radical (unpaired) electrons. The molecule has 0 saturated carbocycles. The molecule has 0 aliphatic rings. The molecule has 2 heterocycles. The van der Waals surface area contributed by atoms with E-state index in [1.54, 1.807) is 31.5 Å². The first-order valence-corrected chi connectivity index (χ1v) is 5.65. The molecule has 2 rings (SSSR count). The van der Waals surface area contributed by atoms with Gasteiger partial charge in [-0.05, 0) is 19.1 Å². The monoisotopic (exact) mass is 260 g/mol. The van der Waals surface area contributed by atoms with E-state index < -0.39 is 11.9 Å². The van der Waals surface area contributed by atoms with Gasteiger partial charge in [-0.25, -0.2) is 14.5 Å². The van der Waals surface area contributed by atoms with E-state index in [1.165, 1.54) is 10.9 Å². The van der Waals surface area contributed by atoms with Crippen molar-refractivity contribution in [1.29, 1.82) is 0 Å². The van der Waals surface area contributed by atoms with Crippen LogP contribution in [0.15, 0.2) is 36.8 Å². The van der Waals surface area contributed by atoms with Crippen molar-refractivity contribution in [2.24, 2.45) is 0 Å². The van der Waals surface area contributed by atoms with Crippen LogP contribution in [-0.4, -0.2) is 33.2 Å². The number of anilines is 1. The molecule has 0 unspecified atom stereocenters. The van der Waals surface area contributed by atoms with Crippen molar-refractivity contribution in [1.82, 2.24) is 14.8 Å². The predicted molar refractivity (Wildman–Crippen MR) is 66.6 cm³/mol. The number of nitrogens with zero attached hydrogens (tertiary/aromatic N) is 3. The Kier molecular flexibility index (Phi) is 3.87. The van der Waals surface area contributed by atoms with Crippen LogP contribution in [0.2, 0.25) is 0 Å². The molecule has 1 N–H and O–H groups in total. The van der Waals surface area contributed by atoms with Crippen LogP contribution in [0.3, 0.4) is 0 Å². The zero-order valence-corrected chi connectivity index (χ0v) is 10.2. The predicted octanol–water partition coefficient (Wildman–Crippen LogP) is 0.769. The third-order valence-electron chi connectivity index (χ3n) is 2.19. The fourth-order valence-electron chi connectivity index (χ4n) is 1.38. The second kappa shape index (κ2) is 5.76. The molecule has 0 aliphatic carbocycles. The molecule has 0 aliphatic heterocycles. The van der Waals surface area contributed by atoms with Crippen molar-refractivity contribution in [2.75, 3.05) is 11.9 Å². The number of carbonyl (C=O) groups excluding carboxylic acids is 2. The van der Waals surface area contributed by atoms with Crippen molar-refractivity contribution in [3.63, 3.8) is 0 Å². The number of hydrogen-bond acceptors (Lipinski definition) is 5. The highest BCUT2D eigenvalue weighted by atomic mass is 16.5. The van der Waals surface area contributed by atoms with Crippen LogP contribution in [0.1, 0.15) is 6.92 Å². The highest BCUT2D eigenvalue weighted by molar-refractivity contribution is 6.37. The smallest absolute Gasteiger partial charge is 0.397 e. The lowest BCUT2D eigenvalue weighted by molar-refractivity contribution is -0.152. The van der Waals surface area contributed by atoms with Crippen molar-refractivity contribution < 1.29 is 14.3 Å². The van der Waals surface area contributed by atoms with E-state index in [-0.39, 0.29) is 6.61 Å². The summed E-state index contributed by atoms with van der Waals surface area (Å²) in [6.45, 7) is 1.78. The molecular formula is C12H12N4O3. The molecular weight excluding hydrogens is 248 g/mol. The number of esters is 1. The Morgan fingerprint density at radius 2 is 2.26 bits per heavy atom. The summed E-state index contributed by atoms with van der Waals surface area (Å²) in [5.41, 5.74) is 0.392. The normalized spacial score (nSPS) is 9.95. The zero-order valence-electron chi connectivity index (χ0n) is 10.2. The van der Waals surface area contributed by atoms with Gasteiger partial charge < -0.3 is 10.1 Å². The van der Waals surface area contributed by atoms with Crippen molar-refractivity contribution in [3.8, 4) is 5.82 Å². The molecule has 0 fully saturated rings. The van der Waals surface area contributed by atoms with Gasteiger partial charge in [0.2, 0.25) is 0 Å². The van der Waals surface area contributed by atoms with E-state index in [4.69, 9.17) is 0 Å². The van der Waals surface area contributed by atoms with Crippen molar-refractivity contribution in [2.45, 2.75) is 6.92 Å². The topological polar surface area (TPSA) is 86.1 Å². The molecule has 0 aromatic carbocycles. The second-order valence-electron chi connectivity index (χ2n) is 3.54. The number of carbonyl (C=O) groups is 2. The number of pyridine rings is 1. The quantitative estimate of drug-likeness (QED) is 0.650. The summed E-state index contributed by atoms with van der Waals surface area (Å²) in [6, 6.07) is 5.38. The first-order chi connectivity index (χ1) is 9.20. The average Bonchev–Trinajstić information content (AvgIpc) is 2.88. The molecule has 19 heavy (non-hydrogen) atoms. The van der Waals surface area contributed by atoms with Crippen LogP contribution in [0.5, 0.6) is 0 Å². The highest BCUT2D eigenvalue weighted by Crippen LogP contribution is 2.09. The van der Waals surface area contributed by atoms with E-state index in [9.17, 15) is 9.59 Å². The molecule has 2 aromatic rings. The summed E-state index contributed by atoms with van der Waals surface area (Å²) in [6.07, 6.45) is 4.61. The standard InChI is InChI=1S/C12H12N4O3/c1-2-19-12(18)11(17)15-9-7-14-16(8-9)10-5-3-4-6-13-10/h3-8H,2H2,1H3,(H,15,17). The van der Waals surface area contributed by atoms with Gasteiger partial charge in [-0.1, -0.05) is 6.07 Å². The lowest BCUT2D eigenvalue weighted by Crippen LogP contribution is -2.24. The average molecular weight is 260 g/mol. The number of aromatic nitrogens is 3. The lowest BCUT2D eigenvalue weighted by Gasteiger charge is -2.01. The largest absolute Gasteiger partial charge is 0.459 e. The zero-order chi connectivity index (χ0) is 13.7. The summed E-state index contributed by atoms with van der Waals surface area (Å²) < 4.78 is 6.06. The maximum atomic E-state index is 11.4. The minimum absolute atomic E-state index is 0.152. The SMILES string of the molecule is CCOC(=O)C(=O)Nc1cnn(-c2ccccn2)c1. The van der Waals surface area contributed by atoms with E-state index in [1.807, 2.05) is 6.07 Å². The van der Waals surface area contributed by atoms with E-state index in [0.29, 0.717) is 11.5 Å². The van der Waals surface area contributed by atoms with Crippen LogP contribution in [0, 0.1) is 0 Å². The molecule has 7 nitrogen and oxygen atoms in total. The van der Waals surface area contributed by atoms with E-state index in [0.717, 1.165) is 0 Å². The Bertz CT molecular complexity index is 580. The number of hydrogen-bond donors (Lipinski definition) is 1. The lowest BCUT2D eigenvalue weighted by atomic mass is 10.4. The number of ether oxygens (including phenoxy) is 1. The van der Waals surface area contributed by atoms with Gasteiger partial charge in [0.25, 0.3) is 0 Å². The fraction of sp³-hybridized carbons (Fsp3) is 0.167. The molecule has 1 amide bonds. The van der Waals surface area contributed by atoms with Crippen LogP contribution in [0.4, 0.5) is 5.69 Å². The molecule has 0 spiro atoms. The molecule has 0 bridgehead atoms. The number of rotatable bonds is 3. The molecule has 7 heteroatoms. The minimum Gasteiger partial charge on any atom is -0.459 e. The van der Waals surface area contributed by atoms with Gasteiger partial charge in [-0.15, -0.1) is 0 Å². The summed E-state index contributed by atoms with van der Waals surface area (Å²) in [4.78, 5) is 26.7. The van der Waals surface area contributed by atoms with Gasteiger partial charge in [0.1, 0.15) is 0 Å². The Hall–Kier alpha value is -2.70. The number of amides is 1. The van der Waals surface area contributed by atoms with Gasteiger partial charge in [-0.3, -0.25) is 4.79 Å². The Morgan fingerprint density at radius 3 is 2.95 bits per heavy atom. The van der Waals surface area contributed by atoms with Gasteiger partial charge in [0, 0.05) is 6.20 Å². The van der Waals surface area contributed by atoms with Crippen molar-refractivity contribution >= 4 is 17.6 Å². The van der Waals surface area contributed by atoms with E-state index >= 15 is 0 Å². The molecule has 2 aromatic heterocycles. The highest BCUT2D eigenvalue weighted by Gasteiger charge is 2.15. The fourth-order valence-corrected chi connectivity index (χ4v) is 1.38. The van der Waals surface area contributed by atoms with Gasteiger partial charge in [0.05, 0.1) is 24.7 Å². The second-order valence-corrected chi connectivity index (χ2v) is 3.54. The van der Waals surface area contributed by atoms with Crippen LogP contribution in [-0.2, 0) is 14.3 Å². The molecule has 0 atom stereocenters. The van der Waals surface area contributed by atoms with Gasteiger partial charge >= 0.3 is 11.9 Å². The maximum absolute atomic E-state index is 11.4. The van der Waals surface area contributed by atoms with E-state index in [2.05, 4.69) is 20.1 Å². The first kappa shape index (κ1) is 12.7.